The third-order valence-electron chi connectivity index (χ3n) is 3.18. The van der Waals surface area contributed by atoms with Gasteiger partial charge in [-0.15, -0.1) is 0 Å². The van der Waals surface area contributed by atoms with E-state index in [0.29, 0.717) is 5.69 Å². The van der Waals surface area contributed by atoms with Gasteiger partial charge in [0.05, 0.1) is 12.3 Å². The summed E-state index contributed by atoms with van der Waals surface area (Å²) >= 11 is 0. The Morgan fingerprint density at radius 2 is 1.73 bits per heavy atom. The van der Waals surface area contributed by atoms with Crippen molar-refractivity contribution in [2.75, 3.05) is 18.6 Å². The highest BCUT2D eigenvalue weighted by molar-refractivity contribution is 6.05. The highest BCUT2D eigenvalue weighted by atomic mass is 16.3. The first kappa shape index (κ1) is 15.6. The van der Waals surface area contributed by atoms with Gasteiger partial charge in [-0.3, -0.25) is 4.79 Å². The molecule has 0 aromatic heterocycles. The van der Waals surface area contributed by atoms with Crippen LogP contribution in [0.25, 0.3) is 0 Å². The van der Waals surface area contributed by atoms with Crippen LogP contribution in [0.3, 0.4) is 0 Å². The number of hydrogen-bond donors (Lipinski definition) is 1. The summed E-state index contributed by atoms with van der Waals surface area (Å²) in [6.45, 7) is 3.21. The van der Waals surface area contributed by atoms with E-state index in [0.717, 1.165) is 11.1 Å². The molecule has 2 rings (SSSR count). The quantitative estimate of drug-likeness (QED) is 0.697. The molecule has 0 bridgehead atoms. The number of aliphatic hydroxyl groups excluding tert-OH is 1. The number of likely N-dealkylation sites (N-methyl/N-ethyl adjacent to an activating group) is 1. The van der Waals surface area contributed by atoms with Crippen molar-refractivity contribution in [3.63, 3.8) is 0 Å². The van der Waals surface area contributed by atoms with E-state index in [-0.39, 0.29) is 18.1 Å². The van der Waals surface area contributed by atoms with Crippen LogP contribution in [0.5, 0.6) is 0 Å². The van der Waals surface area contributed by atoms with Gasteiger partial charge >= 0.3 is 0 Å². The van der Waals surface area contributed by atoms with Crippen LogP contribution in [0.4, 0.5) is 5.69 Å². The molecule has 1 N–H and O–H groups in total. The van der Waals surface area contributed by atoms with Gasteiger partial charge in [-0.2, -0.15) is 0 Å². The molecule has 0 aliphatic carbocycles. The monoisotopic (exact) mass is 291 g/mol. The maximum absolute atomic E-state index is 12.1. The van der Waals surface area contributed by atoms with Crippen LogP contribution in [-0.4, -0.2) is 24.7 Å². The molecule has 0 spiro atoms. The molecule has 0 saturated heterocycles. The Morgan fingerprint density at radius 3 is 2.41 bits per heavy atom. The number of hydrogen-bond acceptors (Lipinski definition) is 2. The van der Waals surface area contributed by atoms with Crippen molar-refractivity contribution in [2.45, 2.75) is 0 Å². The predicted octanol–water partition coefficient (Wildman–Crippen LogP) is 2.60. The van der Waals surface area contributed by atoms with Crippen LogP contribution >= 0.6 is 0 Å². The van der Waals surface area contributed by atoms with Crippen LogP contribution in [0.1, 0.15) is 11.1 Å². The van der Waals surface area contributed by atoms with Gasteiger partial charge in [0.15, 0.2) is 0 Å². The van der Waals surface area contributed by atoms with Crippen LogP contribution in [0.15, 0.2) is 66.7 Å². The topological polar surface area (TPSA) is 40.5 Å². The molecule has 0 aliphatic heterocycles. The Balaban J connectivity index is 2.34. The van der Waals surface area contributed by atoms with Crippen molar-refractivity contribution in [1.29, 1.82) is 0 Å². The smallest absolute Gasteiger partial charge is 0.255 e. The first-order valence-electron chi connectivity index (χ1n) is 6.86. The number of aliphatic hydroxyl groups is 1. The second kappa shape index (κ2) is 7.26. The van der Waals surface area contributed by atoms with Crippen molar-refractivity contribution >= 4 is 11.6 Å². The molecule has 0 fully saturated rings. The number of carbonyl (C=O) groups excluding carboxylic acids is 1. The molecule has 110 valence electrons. The zero-order valence-corrected chi connectivity index (χ0v) is 12.4. The fourth-order valence-corrected chi connectivity index (χ4v) is 1.95. The van der Waals surface area contributed by atoms with Gasteiger partial charge < -0.3 is 10.0 Å². The summed E-state index contributed by atoms with van der Waals surface area (Å²) in [6.07, 6.45) is 0. The second-order valence-electron chi connectivity index (χ2n) is 4.76. The van der Waals surface area contributed by atoms with E-state index in [4.69, 9.17) is 5.11 Å². The molecule has 0 radical (unpaired) electrons. The van der Waals surface area contributed by atoms with Crippen molar-refractivity contribution < 1.29 is 9.90 Å². The third-order valence-corrected chi connectivity index (χ3v) is 3.18. The third kappa shape index (κ3) is 3.63. The van der Waals surface area contributed by atoms with Gasteiger partial charge in [0.1, 0.15) is 0 Å². The molecule has 22 heavy (non-hydrogen) atoms. The number of anilines is 1. The number of benzene rings is 2. The van der Waals surface area contributed by atoms with E-state index in [1.54, 1.807) is 7.05 Å². The van der Waals surface area contributed by atoms with E-state index in [1.807, 2.05) is 54.6 Å². The van der Waals surface area contributed by atoms with Gasteiger partial charge in [0.2, 0.25) is 0 Å². The lowest BCUT2D eigenvalue weighted by Crippen LogP contribution is -2.29. The summed E-state index contributed by atoms with van der Waals surface area (Å²) < 4.78 is 0. The molecule has 0 unspecified atom stereocenters. The number of carbonyl (C=O) groups is 1. The first-order chi connectivity index (χ1) is 10.6. The lowest BCUT2D eigenvalue weighted by atomic mass is 10.1. The largest absolute Gasteiger partial charge is 0.391 e. The highest BCUT2D eigenvalue weighted by Gasteiger charge is 2.15. The average Bonchev–Trinajstić information content (AvgIpc) is 2.59. The minimum atomic E-state index is -0.360. The van der Waals surface area contributed by atoms with Crippen LogP contribution < -0.4 is 4.90 Å². The van der Waals surface area contributed by atoms with E-state index in [9.17, 15) is 4.79 Å². The summed E-state index contributed by atoms with van der Waals surface area (Å²) in [5.74, 6) is 5.84. The lowest BCUT2D eigenvalue weighted by Gasteiger charge is -2.19. The zero-order valence-electron chi connectivity index (χ0n) is 12.4. The second-order valence-corrected chi connectivity index (χ2v) is 4.76. The molecule has 3 nitrogen and oxygen atoms in total. The number of para-hydroxylation sites is 1. The summed E-state index contributed by atoms with van der Waals surface area (Å²) in [5, 5.41) is 9.05. The van der Waals surface area contributed by atoms with Crippen LogP contribution in [0.2, 0.25) is 0 Å². The van der Waals surface area contributed by atoms with Gasteiger partial charge in [-0.05, 0) is 24.3 Å². The Morgan fingerprint density at radius 1 is 1.09 bits per heavy atom. The molecule has 2 aromatic rings. The minimum absolute atomic E-state index is 0.147. The van der Waals surface area contributed by atoms with Crippen molar-refractivity contribution in [2.24, 2.45) is 0 Å². The Bertz CT molecular complexity index is 739. The molecule has 0 saturated carbocycles. The van der Waals surface area contributed by atoms with Crippen molar-refractivity contribution in [3.05, 3.63) is 77.9 Å². The molecule has 2 aromatic carbocycles. The van der Waals surface area contributed by atoms with E-state index < -0.39 is 0 Å². The summed E-state index contributed by atoms with van der Waals surface area (Å²) in [5.41, 5.74) is 2.48. The fraction of sp³-hybridized carbons (Fsp3) is 0.105. The summed E-state index contributed by atoms with van der Waals surface area (Å²) in [7, 11) is 1.65. The van der Waals surface area contributed by atoms with E-state index in [1.165, 1.54) is 4.90 Å². The average molecular weight is 291 g/mol. The molecular weight excluding hydrogens is 274 g/mol. The number of amides is 1. The lowest BCUT2D eigenvalue weighted by molar-refractivity contribution is -0.115. The summed E-state index contributed by atoms with van der Waals surface area (Å²) in [4.78, 5) is 13.6. The molecule has 0 aliphatic rings. The number of rotatable bonds is 3. The minimum Gasteiger partial charge on any atom is -0.391 e. The number of nitrogens with zero attached hydrogens (tertiary/aromatic N) is 1. The van der Waals surface area contributed by atoms with Crippen LogP contribution in [0, 0.1) is 11.8 Å². The zero-order chi connectivity index (χ0) is 15.9. The molecule has 3 heteroatoms. The Hall–Kier alpha value is -2.83. The highest BCUT2D eigenvalue weighted by Crippen LogP contribution is 2.19. The van der Waals surface area contributed by atoms with Crippen molar-refractivity contribution in [1.82, 2.24) is 0 Å². The Labute approximate surface area is 130 Å². The fourth-order valence-electron chi connectivity index (χ4n) is 1.95. The molecule has 0 atom stereocenters. The maximum atomic E-state index is 12.1. The van der Waals surface area contributed by atoms with E-state index in [2.05, 4.69) is 18.4 Å². The molecule has 1 amide bonds. The molecular formula is C19H17NO2. The standard InChI is InChI=1S/C19H17NO2/c1-15(14-21)19(22)20(2)18-11-7-6-10-17(18)13-12-16-8-4-3-5-9-16/h3-11,21H,1,14H2,2H3. The normalized spacial score (nSPS) is 9.55. The predicted molar refractivity (Wildman–Crippen MR) is 88.5 cm³/mol. The Kier molecular flexibility index (Phi) is 5.13. The van der Waals surface area contributed by atoms with Crippen LogP contribution in [-0.2, 0) is 4.79 Å². The maximum Gasteiger partial charge on any atom is 0.255 e. The first-order valence-corrected chi connectivity index (χ1v) is 6.86. The van der Waals surface area contributed by atoms with Crippen molar-refractivity contribution in [3.8, 4) is 11.8 Å². The molecule has 0 heterocycles. The van der Waals surface area contributed by atoms with Gasteiger partial charge in [-0.1, -0.05) is 48.8 Å². The van der Waals surface area contributed by atoms with Gasteiger partial charge in [-0.25, -0.2) is 0 Å². The summed E-state index contributed by atoms with van der Waals surface area (Å²) in [6, 6.07) is 17.0. The van der Waals surface area contributed by atoms with Gasteiger partial charge in [0, 0.05) is 23.7 Å². The SMILES string of the molecule is C=C(CO)C(=O)N(C)c1ccccc1C#Cc1ccccc1. The van der Waals surface area contributed by atoms with Gasteiger partial charge in [0.25, 0.3) is 5.91 Å². The van der Waals surface area contributed by atoms with E-state index >= 15 is 0 Å².